The third-order valence-corrected chi connectivity index (χ3v) is 2.09. The Balaban J connectivity index is 2.20. The van der Waals surface area contributed by atoms with Crippen LogP contribution in [0.3, 0.4) is 0 Å². The normalized spacial score (nSPS) is 9.13. The Morgan fingerprint density at radius 3 is 2.60 bits per heavy atom. The number of rotatable bonds is 4. The number of Topliss-reactive ketones (excluding diaryl/α,β-unsaturated/α-hetero) is 1. The van der Waals surface area contributed by atoms with Gasteiger partial charge >= 0.3 is 0 Å². The van der Waals surface area contributed by atoms with Crippen molar-refractivity contribution in [3.05, 3.63) is 35.9 Å². The van der Waals surface area contributed by atoms with Crippen LogP contribution in [0.4, 0.5) is 0 Å². The maximum absolute atomic E-state index is 10.7. The molecule has 0 saturated heterocycles. The van der Waals surface area contributed by atoms with Gasteiger partial charge in [-0.25, -0.2) is 0 Å². The van der Waals surface area contributed by atoms with Crippen molar-refractivity contribution in [3.63, 3.8) is 0 Å². The largest absolute Gasteiger partial charge is 0.300 e. The van der Waals surface area contributed by atoms with Crippen LogP contribution in [0.1, 0.15) is 38.2 Å². The standard InChI is InChI=1S/C14H16O/c1-13(15)9-5-2-3-6-10-14-11-7-4-8-12-14/h4,7-8,11-12H,2-3,5,9H2,1H3. The van der Waals surface area contributed by atoms with Crippen molar-refractivity contribution in [3.8, 4) is 11.8 Å². The molecule has 0 unspecified atom stereocenters. The van der Waals surface area contributed by atoms with Crippen molar-refractivity contribution >= 4 is 5.78 Å². The zero-order valence-electron chi connectivity index (χ0n) is 9.12. The van der Waals surface area contributed by atoms with Crippen LogP contribution in [0.15, 0.2) is 30.3 Å². The van der Waals surface area contributed by atoms with Crippen molar-refractivity contribution in [2.24, 2.45) is 0 Å². The van der Waals surface area contributed by atoms with Gasteiger partial charge in [0.2, 0.25) is 0 Å². The molecule has 0 aliphatic rings. The van der Waals surface area contributed by atoms with Crippen LogP contribution in [-0.4, -0.2) is 5.78 Å². The van der Waals surface area contributed by atoms with E-state index in [1.54, 1.807) is 6.92 Å². The lowest BCUT2D eigenvalue weighted by molar-refractivity contribution is -0.117. The lowest BCUT2D eigenvalue weighted by atomic mass is 10.1. The molecule has 0 radical (unpaired) electrons. The van der Waals surface area contributed by atoms with Gasteiger partial charge in [-0.2, -0.15) is 0 Å². The molecule has 0 aliphatic heterocycles. The summed E-state index contributed by atoms with van der Waals surface area (Å²) in [4.78, 5) is 10.7. The highest BCUT2D eigenvalue weighted by Crippen LogP contribution is 2.00. The van der Waals surface area contributed by atoms with Crippen LogP contribution >= 0.6 is 0 Å². The third kappa shape index (κ3) is 5.70. The third-order valence-electron chi connectivity index (χ3n) is 2.09. The molecule has 1 nitrogen and oxygen atoms in total. The van der Waals surface area contributed by atoms with E-state index in [-0.39, 0.29) is 5.78 Å². The number of carbonyl (C=O) groups excluding carboxylic acids is 1. The molecule has 1 aromatic rings. The molecule has 78 valence electrons. The van der Waals surface area contributed by atoms with Gasteiger partial charge in [-0.3, -0.25) is 0 Å². The number of unbranched alkanes of at least 4 members (excludes halogenated alkanes) is 2. The van der Waals surface area contributed by atoms with Crippen molar-refractivity contribution in [1.29, 1.82) is 0 Å². The lowest BCUT2D eigenvalue weighted by Gasteiger charge is -1.92. The topological polar surface area (TPSA) is 17.1 Å². The van der Waals surface area contributed by atoms with E-state index in [9.17, 15) is 4.79 Å². The Labute approximate surface area is 91.5 Å². The highest BCUT2D eigenvalue weighted by atomic mass is 16.1. The van der Waals surface area contributed by atoms with Crippen LogP contribution in [0.5, 0.6) is 0 Å². The Bertz CT molecular complexity index is 354. The zero-order valence-corrected chi connectivity index (χ0v) is 9.12. The highest BCUT2D eigenvalue weighted by Gasteiger charge is 1.91. The molecule has 0 atom stereocenters. The minimum absolute atomic E-state index is 0.269. The minimum Gasteiger partial charge on any atom is -0.300 e. The minimum atomic E-state index is 0.269. The average Bonchev–Trinajstić information content (AvgIpc) is 2.24. The van der Waals surface area contributed by atoms with Crippen LogP contribution in [0, 0.1) is 11.8 Å². The Morgan fingerprint density at radius 2 is 1.93 bits per heavy atom. The summed E-state index contributed by atoms with van der Waals surface area (Å²) in [6, 6.07) is 9.96. The molecule has 0 saturated carbocycles. The first-order chi connectivity index (χ1) is 7.29. The Morgan fingerprint density at radius 1 is 1.20 bits per heavy atom. The molecule has 1 heteroatoms. The van der Waals surface area contributed by atoms with Gasteiger partial charge in [-0.15, -0.1) is 0 Å². The molecule has 0 amide bonds. The summed E-state index contributed by atoms with van der Waals surface area (Å²) < 4.78 is 0. The van der Waals surface area contributed by atoms with Crippen LogP contribution in [-0.2, 0) is 4.79 Å². The fraction of sp³-hybridized carbons (Fsp3) is 0.357. The number of benzene rings is 1. The monoisotopic (exact) mass is 200 g/mol. The van der Waals surface area contributed by atoms with E-state index in [4.69, 9.17) is 0 Å². The van der Waals surface area contributed by atoms with Crippen molar-refractivity contribution in [1.82, 2.24) is 0 Å². The summed E-state index contributed by atoms with van der Waals surface area (Å²) in [5.74, 6) is 6.48. The van der Waals surface area contributed by atoms with Crippen molar-refractivity contribution < 1.29 is 4.79 Å². The van der Waals surface area contributed by atoms with E-state index >= 15 is 0 Å². The predicted molar refractivity (Wildman–Crippen MR) is 62.5 cm³/mol. The molecule has 1 rings (SSSR count). The van der Waals surface area contributed by atoms with Gasteiger partial charge in [-0.1, -0.05) is 30.0 Å². The fourth-order valence-electron chi connectivity index (χ4n) is 1.27. The Hall–Kier alpha value is -1.55. The second kappa shape index (κ2) is 6.84. The second-order valence-corrected chi connectivity index (χ2v) is 3.58. The van der Waals surface area contributed by atoms with E-state index in [0.29, 0.717) is 6.42 Å². The second-order valence-electron chi connectivity index (χ2n) is 3.58. The van der Waals surface area contributed by atoms with E-state index < -0.39 is 0 Å². The van der Waals surface area contributed by atoms with Gasteiger partial charge in [0.1, 0.15) is 5.78 Å². The fourth-order valence-corrected chi connectivity index (χ4v) is 1.27. The maximum Gasteiger partial charge on any atom is 0.129 e. The molecule has 0 spiro atoms. The number of hydrogen-bond acceptors (Lipinski definition) is 1. The number of hydrogen-bond donors (Lipinski definition) is 0. The summed E-state index contributed by atoms with van der Waals surface area (Å²) >= 11 is 0. The molecule has 0 aromatic heterocycles. The summed E-state index contributed by atoms with van der Waals surface area (Å²) in [6.45, 7) is 1.63. The number of ketones is 1. The summed E-state index contributed by atoms with van der Waals surface area (Å²) in [6.07, 6.45) is 3.54. The molecule has 0 N–H and O–H groups in total. The zero-order chi connectivity index (χ0) is 10.9. The van der Waals surface area contributed by atoms with Gasteiger partial charge in [0.05, 0.1) is 0 Å². The van der Waals surface area contributed by atoms with E-state index in [2.05, 4.69) is 11.8 Å². The number of carbonyl (C=O) groups is 1. The molecule has 0 bridgehead atoms. The Kier molecular flexibility index (Phi) is 5.25. The van der Waals surface area contributed by atoms with Crippen molar-refractivity contribution in [2.75, 3.05) is 0 Å². The first-order valence-electron chi connectivity index (χ1n) is 5.32. The first-order valence-corrected chi connectivity index (χ1v) is 5.32. The summed E-state index contributed by atoms with van der Waals surface area (Å²) in [5, 5.41) is 0. The van der Waals surface area contributed by atoms with Crippen LogP contribution in [0.25, 0.3) is 0 Å². The first kappa shape index (κ1) is 11.5. The summed E-state index contributed by atoms with van der Waals surface area (Å²) in [5.41, 5.74) is 1.06. The maximum atomic E-state index is 10.7. The molecule has 1 aromatic carbocycles. The molecule has 15 heavy (non-hydrogen) atoms. The smallest absolute Gasteiger partial charge is 0.129 e. The SMILES string of the molecule is CC(=O)CCCCC#Cc1ccccc1. The van der Waals surface area contributed by atoms with Gasteiger partial charge < -0.3 is 4.79 Å². The van der Waals surface area contributed by atoms with Crippen LogP contribution in [0.2, 0.25) is 0 Å². The molecular formula is C14H16O. The lowest BCUT2D eigenvalue weighted by Crippen LogP contribution is -1.88. The molecule has 0 aliphatic carbocycles. The van der Waals surface area contributed by atoms with Gasteiger partial charge in [0, 0.05) is 18.4 Å². The highest BCUT2D eigenvalue weighted by molar-refractivity contribution is 5.75. The van der Waals surface area contributed by atoms with E-state index in [0.717, 1.165) is 24.8 Å². The quantitative estimate of drug-likeness (QED) is 0.539. The van der Waals surface area contributed by atoms with Gasteiger partial charge in [0.15, 0.2) is 0 Å². The summed E-state index contributed by atoms with van der Waals surface area (Å²) in [7, 11) is 0. The average molecular weight is 200 g/mol. The van der Waals surface area contributed by atoms with Crippen LogP contribution < -0.4 is 0 Å². The predicted octanol–water partition coefficient (Wildman–Crippen LogP) is 3.19. The van der Waals surface area contributed by atoms with Crippen molar-refractivity contribution in [2.45, 2.75) is 32.6 Å². The molecular weight excluding hydrogens is 184 g/mol. The van der Waals surface area contributed by atoms with Gasteiger partial charge in [-0.05, 0) is 31.9 Å². The molecule has 0 fully saturated rings. The molecule has 0 heterocycles. The van der Waals surface area contributed by atoms with Gasteiger partial charge in [0.25, 0.3) is 0 Å². The van der Waals surface area contributed by atoms with E-state index in [1.807, 2.05) is 30.3 Å². The van der Waals surface area contributed by atoms with E-state index in [1.165, 1.54) is 0 Å².